The molecule has 1 aromatic rings. The van der Waals surface area contributed by atoms with E-state index in [1.807, 2.05) is 5.38 Å². The Morgan fingerprint density at radius 2 is 2.29 bits per heavy atom. The summed E-state index contributed by atoms with van der Waals surface area (Å²) in [5.41, 5.74) is 6.33. The fourth-order valence-electron chi connectivity index (χ4n) is 2.43. The highest BCUT2D eigenvalue weighted by atomic mass is 32.1. The maximum absolute atomic E-state index is 12.0. The third-order valence-corrected chi connectivity index (χ3v) is 4.45. The number of hydrogen-bond acceptors (Lipinski definition) is 4. The molecule has 0 radical (unpaired) electrons. The summed E-state index contributed by atoms with van der Waals surface area (Å²) in [6, 6.07) is 2.87. The van der Waals surface area contributed by atoms with Crippen LogP contribution >= 0.6 is 11.3 Å². The normalized spacial score (nSPS) is 25.1. The number of nitrogens with one attached hydrogen (secondary N) is 1. The molecule has 4 nitrogen and oxygen atoms in total. The Morgan fingerprint density at radius 3 is 2.94 bits per heavy atom. The maximum Gasteiger partial charge on any atom is 0.263 e. The minimum Gasteiger partial charge on any atom is -0.397 e. The molecule has 5 heteroatoms. The molecule has 1 aliphatic heterocycles. The van der Waals surface area contributed by atoms with Gasteiger partial charge >= 0.3 is 0 Å². The van der Waals surface area contributed by atoms with Crippen LogP contribution in [0.15, 0.2) is 11.4 Å². The first-order valence-corrected chi connectivity index (χ1v) is 7.00. The number of rotatable bonds is 3. The Labute approximate surface area is 105 Å². The number of hydrogen-bond donors (Lipinski definition) is 2. The Morgan fingerprint density at radius 1 is 1.47 bits per heavy atom. The summed E-state index contributed by atoms with van der Waals surface area (Å²) < 4.78 is 0. The lowest BCUT2D eigenvalue weighted by molar-refractivity contribution is 0.0942. The van der Waals surface area contributed by atoms with Crippen LogP contribution in [0.1, 0.15) is 28.9 Å². The van der Waals surface area contributed by atoms with E-state index in [4.69, 9.17) is 5.73 Å². The molecule has 0 aromatic carbocycles. The summed E-state index contributed by atoms with van der Waals surface area (Å²) in [6.45, 7) is 2.12. The van der Waals surface area contributed by atoms with Gasteiger partial charge in [0.15, 0.2) is 0 Å². The third-order valence-electron chi connectivity index (χ3n) is 3.52. The van der Waals surface area contributed by atoms with Crippen molar-refractivity contribution < 1.29 is 4.79 Å². The van der Waals surface area contributed by atoms with E-state index in [-0.39, 0.29) is 5.91 Å². The average molecular weight is 251 g/mol. The predicted molar refractivity (Wildman–Crippen MR) is 69.2 cm³/mol. The highest BCUT2D eigenvalue weighted by molar-refractivity contribution is 7.12. The number of carbonyl (C=O) groups excluding carboxylic acids is 1. The van der Waals surface area contributed by atoms with Crippen LogP contribution in [0.4, 0.5) is 5.69 Å². The highest BCUT2D eigenvalue weighted by Crippen LogP contribution is 2.30. The van der Waals surface area contributed by atoms with Gasteiger partial charge in [0.2, 0.25) is 0 Å². The standard InChI is InChI=1S/C12H17N3OS/c13-10-4-6-17-11(10)12(16)14-8-3-5-15(7-8)9-1-2-9/h4,6,8-9H,1-3,5,7,13H2,(H,14,16). The van der Waals surface area contributed by atoms with Gasteiger partial charge in [-0.15, -0.1) is 11.3 Å². The van der Waals surface area contributed by atoms with Crippen LogP contribution in [-0.4, -0.2) is 36.0 Å². The molecule has 1 saturated heterocycles. The largest absolute Gasteiger partial charge is 0.397 e. The molecule has 0 bridgehead atoms. The number of carbonyl (C=O) groups is 1. The van der Waals surface area contributed by atoms with E-state index < -0.39 is 0 Å². The Bertz CT molecular complexity index is 427. The molecule has 2 heterocycles. The topological polar surface area (TPSA) is 58.4 Å². The first kappa shape index (κ1) is 11.0. The quantitative estimate of drug-likeness (QED) is 0.851. The average Bonchev–Trinajstić information content (AvgIpc) is 2.90. The summed E-state index contributed by atoms with van der Waals surface area (Å²) in [4.78, 5) is 15.1. The fourth-order valence-corrected chi connectivity index (χ4v) is 3.15. The van der Waals surface area contributed by atoms with Crippen LogP contribution in [0, 0.1) is 0 Å². The Kier molecular flexibility index (Phi) is 2.80. The van der Waals surface area contributed by atoms with Crippen molar-refractivity contribution in [1.29, 1.82) is 0 Å². The zero-order valence-electron chi connectivity index (χ0n) is 9.69. The van der Waals surface area contributed by atoms with E-state index >= 15 is 0 Å². The molecule has 2 fully saturated rings. The van der Waals surface area contributed by atoms with Gasteiger partial charge in [0.1, 0.15) is 4.88 Å². The lowest BCUT2D eigenvalue weighted by Crippen LogP contribution is -2.37. The van der Waals surface area contributed by atoms with E-state index in [0.29, 0.717) is 16.6 Å². The van der Waals surface area contributed by atoms with Crippen molar-refractivity contribution in [3.05, 3.63) is 16.3 Å². The molecule has 1 aliphatic carbocycles. The van der Waals surface area contributed by atoms with Crippen LogP contribution in [0.25, 0.3) is 0 Å². The van der Waals surface area contributed by atoms with E-state index in [0.717, 1.165) is 25.6 Å². The summed E-state index contributed by atoms with van der Waals surface area (Å²) in [5.74, 6) is -0.0138. The molecule has 1 amide bonds. The third kappa shape index (κ3) is 2.30. The summed E-state index contributed by atoms with van der Waals surface area (Å²) >= 11 is 1.41. The molecule has 1 unspecified atom stereocenters. The minimum absolute atomic E-state index is 0.0138. The van der Waals surface area contributed by atoms with Crippen LogP contribution in [-0.2, 0) is 0 Å². The Hall–Kier alpha value is -1.07. The molecular formula is C12H17N3OS. The van der Waals surface area contributed by atoms with Gasteiger partial charge < -0.3 is 11.1 Å². The van der Waals surface area contributed by atoms with Gasteiger partial charge in [-0.25, -0.2) is 0 Å². The number of thiophene rings is 1. The van der Waals surface area contributed by atoms with Gasteiger partial charge in [0.05, 0.1) is 5.69 Å². The van der Waals surface area contributed by atoms with Crippen LogP contribution in [0.5, 0.6) is 0 Å². The van der Waals surface area contributed by atoms with Gasteiger partial charge in [0, 0.05) is 25.2 Å². The smallest absolute Gasteiger partial charge is 0.263 e. The van der Waals surface area contributed by atoms with Crippen molar-refractivity contribution in [1.82, 2.24) is 10.2 Å². The first-order chi connectivity index (χ1) is 8.24. The number of likely N-dealkylation sites (tertiary alicyclic amines) is 1. The van der Waals surface area contributed by atoms with Crippen molar-refractivity contribution in [3.8, 4) is 0 Å². The Balaban J connectivity index is 1.57. The highest BCUT2D eigenvalue weighted by Gasteiger charge is 2.34. The van der Waals surface area contributed by atoms with Gasteiger partial charge in [0.25, 0.3) is 5.91 Å². The minimum atomic E-state index is -0.0138. The monoisotopic (exact) mass is 251 g/mol. The molecule has 17 heavy (non-hydrogen) atoms. The number of nitrogens with two attached hydrogens (primary N) is 1. The first-order valence-electron chi connectivity index (χ1n) is 6.12. The zero-order valence-corrected chi connectivity index (χ0v) is 10.5. The van der Waals surface area contributed by atoms with E-state index in [9.17, 15) is 4.79 Å². The van der Waals surface area contributed by atoms with Crippen LogP contribution in [0.3, 0.4) is 0 Å². The van der Waals surface area contributed by atoms with E-state index in [2.05, 4.69) is 10.2 Å². The molecule has 3 N–H and O–H groups in total. The molecule has 3 rings (SSSR count). The zero-order chi connectivity index (χ0) is 11.8. The van der Waals surface area contributed by atoms with Crippen molar-refractivity contribution in [2.75, 3.05) is 18.8 Å². The number of nitrogens with zero attached hydrogens (tertiary/aromatic N) is 1. The molecule has 1 aromatic heterocycles. The molecule has 0 spiro atoms. The van der Waals surface area contributed by atoms with Crippen LogP contribution in [0.2, 0.25) is 0 Å². The number of anilines is 1. The van der Waals surface area contributed by atoms with E-state index in [1.54, 1.807) is 6.07 Å². The van der Waals surface area contributed by atoms with E-state index in [1.165, 1.54) is 24.2 Å². The van der Waals surface area contributed by atoms with Gasteiger partial charge in [-0.1, -0.05) is 0 Å². The van der Waals surface area contributed by atoms with Crippen molar-refractivity contribution >= 4 is 22.9 Å². The molecular weight excluding hydrogens is 234 g/mol. The van der Waals surface area contributed by atoms with Crippen molar-refractivity contribution in [2.24, 2.45) is 0 Å². The lowest BCUT2D eigenvalue weighted by Gasteiger charge is -2.15. The lowest BCUT2D eigenvalue weighted by atomic mass is 10.2. The second-order valence-corrected chi connectivity index (χ2v) is 5.81. The van der Waals surface area contributed by atoms with Gasteiger partial charge in [-0.3, -0.25) is 9.69 Å². The molecule has 1 saturated carbocycles. The molecule has 92 valence electrons. The SMILES string of the molecule is Nc1ccsc1C(=O)NC1CCN(C2CC2)C1. The predicted octanol–water partition coefficient (Wildman–Crippen LogP) is 1.30. The second-order valence-electron chi connectivity index (χ2n) is 4.89. The fraction of sp³-hybridized carbons (Fsp3) is 0.583. The second kappa shape index (κ2) is 4.31. The summed E-state index contributed by atoms with van der Waals surface area (Å²) in [5, 5.41) is 4.94. The molecule has 2 aliphatic rings. The maximum atomic E-state index is 12.0. The van der Waals surface area contributed by atoms with Gasteiger partial charge in [-0.05, 0) is 30.7 Å². The number of amides is 1. The van der Waals surface area contributed by atoms with Crippen molar-refractivity contribution in [3.63, 3.8) is 0 Å². The summed E-state index contributed by atoms with van der Waals surface area (Å²) in [6.07, 6.45) is 3.73. The summed E-state index contributed by atoms with van der Waals surface area (Å²) in [7, 11) is 0. The van der Waals surface area contributed by atoms with Gasteiger partial charge in [-0.2, -0.15) is 0 Å². The number of nitrogen functional groups attached to an aromatic ring is 1. The van der Waals surface area contributed by atoms with Crippen molar-refractivity contribution in [2.45, 2.75) is 31.3 Å². The molecule has 1 atom stereocenters. The van der Waals surface area contributed by atoms with Crippen LogP contribution < -0.4 is 11.1 Å².